The molecule has 1 fully saturated rings. The van der Waals surface area contributed by atoms with Crippen LogP contribution in [0.25, 0.3) is 6.08 Å². The molecule has 4 nitrogen and oxygen atoms in total. The number of carbonyl (C=O) groups is 2. The molecular weight excluding hydrogens is 312 g/mol. The number of hydrogen-bond donors (Lipinski definition) is 1. The molecular formula is C21H30N2O2. The molecule has 0 unspecified atom stereocenters. The first kappa shape index (κ1) is 19.2. The molecule has 0 aromatic heterocycles. The molecule has 1 aliphatic heterocycles. The predicted octanol–water partition coefficient (Wildman–Crippen LogP) is 3.49. The van der Waals surface area contributed by atoms with Crippen molar-refractivity contribution in [2.24, 2.45) is 11.8 Å². The standard InChI is InChI=1S/C21H30N2O2/c1-15(2)12-18-14-23(19(13-16(3)4)21(25)22-18)20(24)11-10-17-8-6-5-7-9-17/h5-11,15-16,18-19H,12-14H2,1-4H3,(H,22,25)/b11-10-/t18-,19-/m0/s1. The number of benzene rings is 1. The number of rotatable bonds is 6. The maximum absolute atomic E-state index is 12.8. The van der Waals surface area contributed by atoms with E-state index in [1.807, 2.05) is 36.4 Å². The number of nitrogens with one attached hydrogen (secondary N) is 1. The van der Waals surface area contributed by atoms with E-state index in [4.69, 9.17) is 0 Å². The van der Waals surface area contributed by atoms with Crippen LogP contribution in [-0.4, -0.2) is 35.3 Å². The van der Waals surface area contributed by atoms with E-state index >= 15 is 0 Å². The van der Waals surface area contributed by atoms with Crippen molar-refractivity contribution in [2.45, 2.75) is 52.6 Å². The van der Waals surface area contributed by atoms with E-state index in [2.05, 4.69) is 33.0 Å². The molecule has 1 heterocycles. The summed E-state index contributed by atoms with van der Waals surface area (Å²) in [6.07, 6.45) is 4.98. The van der Waals surface area contributed by atoms with Gasteiger partial charge in [-0.25, -0.2) is 0 Å². The zero-order chi connectivity index (χ0) is 18.4. The molecule has 0 bridgehead atoms. The van der Waals surface area contributed by atoms with Gasteiger partial charge in [0.05, 0.1) is 0 Å². The Hall–Kier alpha value is -2.10. The van der Waals surface area contributed by atoms with Gasteiger partial charge in [-0.15, -0.1) is 0 Å². The Morgan fingerprint density at radius 1 is 1.16 bits per heavy atom. The molecule has 4 heteroatoms. The first-order chi connectivity index (χ1) is 11.9. The van der Waals surface area contributed by atoms with Gasteiger partial charge in [0, 0.05) is 18.7 Å². The monoisotopic (exact) mass is 342 g/mol. The van der Waals surface area contributed by atoms with Crippen LogP contribution in [0.2, 0.25) is 0 Å². The van der Waals surface area contributed by atoms with Crippen molar-refractivity contribution in [3.8, 4) is 0 Å². The fraction of sp³-hybridized carbons (Fsp3) is 0.524. The van der Waals surface area contributed by atoms with Crippen molar-refractivity contribution < 1.29 is 9.59 Å². The third-order valence-corrected chi connectivity index (χ3v) is 4.39. The normalized spacial score (nSPS) is 21.2. The Morgan fingerprint density at radius 3 is 2.40 bits per heavy atom. The molecule has 25 heavy (non-hydrogen) atoms. The molecule has 2 rings (SSSR count). The zero-order valence-electron chi connectivity index (χ0n) is 15.7. The Balaban J connectivity index is 2.16. The highest BCUT2D eigenvalue weighted by Crippen LogP contribution is 2.20. The topological polar surface area (TPSA) is 49.4 Å². The van der Waals surface area contributed by atoms with Crippen LogP contribution in [-0.2, 0) is 9.59 Å². The second kappa shape index (κ2) is 8.84. The summed E-state index contributed by atoms with van der Waals surface area (Å²) < 4.78 is 0. The van der Waals surface area contributed by atoms with Crippen LogP contribution in [0.1, 0.15) is 46.1 Å². The number of amides is 2. The second-order valence-corrected chi connectivity index (χ2v) is 7.72. The number of hydrogen-bond acceptors (Lipinski definition) is 2. The lowest BCUT2D eigenvalue weighted by Gasteiger charge is -2.40. The summed E-state index contributed by atoms with van der Waals surface area (Å²) in [6.45, 7) is 9.01. The number of carbonyl (C=O) groups excluding carboxylic acids is 2. The minimum absolute atomic E-state index is 0.0212. The van der Waals surface area contributed by atoms with Crippen molar-refractivity contribution in [3.05, 3.63) is 42.0 Å². The van der Waals surface area contributed by atoms with E-state index < -0.39 is 0 Å². The van der Waals surface area contributed by atoms with E-state index in [0.717, 1.165) is 12.0 Å². The molecule has 0 aliphatic carbocycles. The lowest BCUT2D eigenvalue weighted by atomic mass is 9.95. The molecule has 0 radical (unpaired) electrons. The van der Waals surface area contributed by atoms with Crippen LogP contribution in [0, 0.1) is 11.8 Å². The van der Waals surface area contributed by atoms with Gasteiger partial charge in [0.25, 0.3) is 0 Å². The van der Waals surface area contributed by atoms with E-state index in [9.17, 15) is 9.59 Å². The maximum atomic E-state index is 12.8. The van der Waals surface area contributed by atoms with Crippen molar-refractivity contribution in [2.75, 3.05) is 6.54 Å². The first-order valence-corrected chi connectivity index (χ1v) is 9.21. The molecule has 136 valence electrons. The highest BCUT2D eigenvalue weighted by Gasteiger charge is 2.36. The number of piperazine rings is 1. The van der Waals surface area contributed by atoms with Crippen LogP contribution in [0.5, 0.6) is 0 Å². The zero-order valence-corrected chi connectivity index (χ0v) is 15.7. The first-order valence-electron chi connectivity index (χ1n) is 9.21. The van der Waals surface area contributed by atoms with Gasteiger partial charge in [-0.05, 0) is 36.3 Å². The van der Waals surface area contributed by atoms with Crippen molar-refractivity contribution in [1.29, 1.82) is 0 Å². The highest BCUT2D eigenvalue weighted by molar-refractivity contribution is 5.96. The van der Waals surface area contributed by atoms with E-state index in [1.165, 1.54) is 0 Å². The summed E-state index contributed by atoms with van der Waals surface area (Å²) in [5.41, 5.74) is 0.983. The largest absolute Gasteiger partial charge is 0.350 e. The smallest absolute Gasteiger partial charge is 0.247 e. The van der Waals surface area contributed by atoms with Gasteiger partial charge in [0.1, 0.15) is 6.04 Å². The van der Waals surface area contributed by atoms with Gasteiger partial charge in [-0.1, -0.05) is 58.0 Å². The molecule has 2 amide bonds. The van der Waals surface area contributed by atoms with Gasteiger partial charge >= 0.3 is 0 Å². The SMILES string of the molecule is CC(C)C[C@H]1CN(C(=O)/C=C\c2ccccc2)[C@@H](CC(C)C)C(=O)N1. The number of nitrogens with zero attached hydrogens (tertiary/aromatic N) is 1. The molecule has 0 spiro atoms. The van der Waals surface area contributed by atoms with Crippen LogP contribution in [0.15, 0.2) is 36.4 Å². The molecule has 1 aliphatic rings. The van der Waals surface area contributed by atoms with Crippen LogP contribution in [0.3, 0.4) is 0 Å². The van der Waals surface area contributed by atoms with Gasteiger partial charge in [-0.2, -0.15) is 0 Å². The second-order valence-electron chi connectivity index (χ2n) is 7.72. The third-order valence-electron chi connectivity index (χ3n) is 4.39. The maximum Gasteiger partial charge on any atom is 0.247 e. The molecule has 1 N–H and O–H groups in total. The minimum Gasteiger partial charge on any atom is -0.350 e. The van der Waals surface area contributed by atoms with E-state index in [1.54, 1.807) is 11.0 Å². The Labute approximate surface area is 151 Å². The molecule has 1 aromatic carbocycles. The highest BCUT2D eigenvalue weighted by atomic mass is 16.2. The van der Waals surface area contributed by atoms with E-state index in [-0.39, 0.29) is 23.9 Å². The summed E-state index contributed by atoms with van der Waals surface area (Å²) in [4.78, 5) is 27.1. The minimum atomic E-state index is -0.378. The van der Waals surface area contributed by atoms with Gasteiger partial charge in [0.15, 0.2) is 0 Å². The fourth-order valence-corrected chi connectivity index (χ4v) is 3.30. The Morgan fingerprint density at radius 2 is 1.80 bits per heavy atom. The predicted molar refractivity (Wildman–Crippen MR) is 102 cm³/mol. The Kier molecular flexibility index (Phi) is 6.80. The summed E-state index contributed by atoms with van der Waals surface area (Å²) in [5.74, 6) is 0.722. The lowest BCUT2D eigenvalue weighted by Crippen LogP contribution is -2.61. The van der Waals surface area contributed by atoms with Gasteiger partial charge in [-0.3, -0.25) is 9.59 Å². The van der Waals surface area contributed by atoms with Crippen LogP contribution in [0.4, 0.5) is 0 Å². The average molecular weight is 342 g/mol. The summed E-state index contributed by atoms with van der Waals surface area (Å²) in [7, 11) is 0. The van der Waals surface area contributed by atoms with Crippen LogP contribution >= 0.6 is 0 Å². The molecule has 1 aromatic rings. The molecule has 1 saturated heterocycles. The molecule has 2 atom stereocenters. The fourth-order valence-electron chi connectivity index (χ4n) is 3.30. The van der Waals surface area contributed by atoms with E-state index in [0.29, 0.717) is 24.8 Å². The van der Waals surface area contributed by atoms with Crippen molar-refractivity contribution in [1.82, 2.24) is 10.2 Å². The summed E-state index contributed by atoms with van der Waals surface area (Å²) >= 11 is 0. The molecule has 0 saturated carbocycles. The van der Waals surface area contributed by atoms with Crippen molar-refractivity contribution in [3.63, 3.8) is 0 Å². The van der Waals surface area contributed by atoms with Crippen molar-refractivity contribution >= 4 is 17.9 Å². The third kappa shape index (κ3) is 5.73. The average Bonchev–Trinajstić information content (AvgIpc) is 2.55. The Bertz CT molecular complexity index is 608. The van der Waals surface area contributed by atoms with Crippen LogP contribution < -0.4 is 5.32 Å². The van der Waals surface area contributed by atoms with Gasteiger partial charge < -0.3 is 10.2 Å². The van der Waals surface area contributed by atoms with Gasteiger partial charge in [0.2, 0.25) is 11.8 Å². The summed E-state index contributed by atoms with van der Waals surface area (Å²) in [6, 6.07) is 9.40. The lowest BCUT2D eigenvalue weighted by molar-refractivity contribution is -0.142. The summed E-state index contributed by atoms with van der Waals surface area (Å²) in [5, 5.41) is 3.10. The quantitative estimate of drug-likeness (QED) is 0.805.